The summed E-state index contributed by atoms with van der Waals surface area (Å²) in [6.45, 7) is 2.23. The number of sulfonamides is 1. The molecule has 0 bridgehead atoms. The summed E-state index contributed by atoms with van der Waals surface area (Å²) >= 11 is 1.34. The highest BCUT2D eigenvalue weighted by Gasteiger charge is 2.29. The van der Waals surface area contributed by atoms with E-state index in [4.69, 9.17) is 0 Å². The Morgan fingerprint density at radius 1 is 1.09 bits per heavy atom. The fourth-order valence-electron chi connectivity index (χ4n) is 3.39. The third-order valence-corrected chi connectivity index (χ3v) is 7.80. The highest BCUT2D eigenvalue weighted by atomic mass is 32.2. The second-order valence-corrected chi connectivity index (χ2v) is 10.3. The second kappa shape index (κ2) is 10.7. The van der Waals surface area contributed by atoms with Gasteiger partial charge < -0.3 is 16.0 Å². The molecule has 32 heavy (non-hydrogen) atoms. The maximum absolute atomic E-state index is 12.9. The van der Waals surface area contributed by atoms with E-state index in [1.54, 1.807) is 24.3 Å². The number of nitrogens with zero attached hydrogens (tertiary/aromatic N) is 1. The van der Waals surface area contributed by atoms with Crippen molar-refractivity contribution in [2.24, 2.45) is 0 Å². The zero-order chi connectivity index (χ0) is 23.1. The lowest BCUT2D eigenvalue weighted by atomic mass is 10.1. The summed E-state index contributed by atoms with van der Waals surface area (Å²) in [6, 6.07) is 9.46. The predicted octanol–water partition coefficient (Wildman–Crippen LogP) is 1.80. The Morgan fingerprint density at radius 2 is 1.78 bits per heavy atom. The number of carbonyl (C=O) groups is 3. The van der Waals surface area contributed by atoms with Crippen molar-refractivity contribution < 1.29 is 22.8 Å². The van der Waals surface area contributed by atoms with Crippen LogP contribution in [0.3, 0.4) is 0 Å². The third-order valence-electron chi connectivity index (χ3n) is 5.01. The topological polar surface area (TPSA) is 125 Å². The van der Waals surface area contributed by atoms with E-state index in [2.05, 4.69) is 16.0 Å². The van der Waals surface area contributed by atoms with Gasteiger partial charge in [0.05, 0.1) is 9.77 Å². The van der Waals surface area contributed by atoms with Crippen molar-refractivity contribution in [3.8, 4) is 0 Å². The van der Waals surface area contributed by atoms with Crippen LogP contribution in [0.15, 0.2) is 46.7 Å². The van der Waals surface area contributed by atoms with E-state index in [0.717, 1.165) is 0 Å². The molecule has 1 fully saturated rings. The summed E-state index contributed by atoms with van der Waals surface area (Å²) in [5, 5.41) is 10.0. The first-order valence-corrected chi connectivity index (χ1v) is 12.6. The first-order chi connectivity index (χ1) is 15.3. The molecule has 0 saturated carbocycles. The lowest BCUT2D eigenvalue weighted by Gasteiger charge is -2.31. The first kappa shape index (κ1) is 23.9. The number of carbonyl (C=O) groups excluding carboxylic acids is 3. The molecule has 0 atom stereocenters. The Hall–Kier alpha value is -2.76. The van der Waals surface area contributed by atoms with Gasteiger partial charge in [0.15, 0.2) is 0 Å². The van der Waals surface area contributed by atoms with Crippen molar-refractivity contribution >= 4 is 44.8 Å². The Balaban J connectivity index is 1.43. The zero-order valence-corrected chi connectivity index (χ0v) is 19.3. The Kier molecular flexibility index (Phi) is 7.99. The van der Waals surface area contributed by atoms with Crippen LogP contribution in [0.1, 0.15) is 35.9 Å². The van der Waals surface area contributed by atoms with Gasteiger partial charge in [-0.25, -0.2) is 8.42 Å². The molecule has 1 aromatic carbocycles. The normalized spacial score (nSPS) is 15.2. The van der Waals surface area contributed by atoms with Crippen LogP contribution in [0, 0.1) is 0 Å². The maximum Gasteiger partial charge on any atom is 0.261 e. The van der Waals surface area contributed by atoms with Crippen LogP contribution in [0.25, 0.3) is 0 Å². The van der Waals surface area contributed by atoms with E-state index in [1.165, 1.54) is 34.7 Å². The quantitative estimate of drug-likeness (QED) is 0.534. The van der Waals surface area contributed by atoms with Gasteiger partial charge in [0, 0.05) is 44.7 Å². The van der Waals surface area contributed by atoms with Crippen molar-refractivity contribution in [1.82, 2.24) is 14.9 Å². The molecule has 0 spiro atoms. The smallest absolute Gasteiger partial charge is 0.261 e. The standard InChI is InChI=1S/C21H26N4O5S2/c1-15(26)23-16-4-6-18(7-5-16)32(29,30)25-12-9-17(10-13-25)24-20(27)8-11-22-21(28)19-3-2-14-31-19/h2-7,14,17H,8-13H2,1H3,(H,22,28)(H,23,26)(H,24,27). The van der Waals surface area contributed by atoms with E-state index in [9.17, 15) is 22.8 Å². The summed E-state index contributed by atoms with van der Waals surface area (Å²) in [6.07, 6.45) is 1.18. The van der Waals surface area contributed by atoms with Crippen LogP contribution in [0.5, 0.6) is 0 Å². The van der Waals surface area contributed by atoms with Crippen LogP contribution >= 0.6 is 11.3 Å². The second-order valence-electron chi connectivity index (χ2n) is 7.43. The summed E-state index contributed by atoms with van der Waals surface area (Å²) in [4.78, 5) is 35.9. The Bertz CT molecular complexity index is 1040. The molecule has 1 saturated heterocycles. The molecule has 11 heteroatoms. The lowest BCUT2D eigenvalue weighted by molar-refractivity contribution is -0.122. The monoisotopic (exact) mass is 478 g/mol. The van der Waals surface area contributed by atoms with Gasteiger partial charge in [-0.15, -0.1) is 11.3 Å². The summed E-state index contributed by atoms with van der Waals surface area (Å²) in [5.74, 6) is -0.600. The molecule has 0 aliphatic carbocycles. The van der Waals surface area contributed by atoms with Crippen molar-refractivity contribution in [1.29, 1.82) is 0 Å². The molecule has 9 nitrogen and oxygen atoms in total. The van der Waals surface area contributed by atoms with Gasteiger partial charge in [-0.2, -0.15) is 4.31 Å². The van der Waals surface area contributed by atoms with E-state index in [-0.39, 0.29) is 41.6 Å². The Labute approximate surface area is 191 Å². The number of thiophene rings is 1. The van der Waals surface area contributed by atoms with Gasteiger partial charge in [-0.1, -0.05) is 6.07 Å². The summed E-state index contributed by atoms with van der Waals surface area (Å²) in [5.41, 5.74) is 0.532. The van der Waals surface area contributed by atoms with E-state index < -0.39 is 10.0 Å². The molecular weight excluding hydrogens is 452 g/mol. The van der Waals surface area contributed by atoms with Crippen LogP contribution in [-0.2, 0) is 19.6 Å². The molecule has 0 unspecified atom stereocenters. The molecule has 3 N–H and O–H groups in total. The molecule has 1 aromatic heterocycles. The van der Waals surface area contributed by atoms with Gasteiger partial charge in [-0.3, -0.25) is 14.4 Å². The summed E-state index contributed by atoms with van der Waals surface area (Å²) in [7, 11) is -3.64. The molecule has 3 rings (SSSR count). The number of rotatable bonds is 8. The number of anilines is 1. The molecule has 3 amide bonds. The molecule has 0 radical (unpaired) electrons. The first-order valence-electron chi connectivity index (χ1n) is 10.2. The van der Waals surface area contributed by atoms with Gasteiger partial charge in [-0.05, 0) is 48.6 Å². The van der Waals surface area contributed by atoms with Gasteiger partial charge in [0.2, 0.25) is 21.8 Å². The minimum absolute atomic E-state index is 0.107. The largest absolute Gasteiger partial charge is 0.353 e. The number of hydrogen-bond acceptors (Lipinski definition) is 6. The van der Waals surface area contributed by atoms with Crippen molar-refractivity contribution in [2.45, 2.75) is 37.1 Å². The SMILES string of the molecule is CC(=O)Nc1ccc(S(=O)(=O)N2CCC(NC(=O)CCNC(=O)c3cccs3)CC2)cc1. The van der Waals surface area contributed by atoms with Crippen LogP contribution < -0.4 is 16.0 Å². The highest BCUT2D eigenvalue weighted by Crippen LogP contribution is 2.22. The van der Waals surface area contributed by atoms with E-state index in [0.29, 0.717) is 36.5 Å². The van der Waals surface area contributed by atoms with Gasteiger partial charge in [0.1, 0.15) is 0 Å². The average Bonchev–Trinajstić information content (AvgIpc) is 3.29. The number of benzene rings is 1. The fraction of sp³-hybridized carbons (Fsp3) is 0.381. The van der Waals surface area contributed by atoms with Crippen molar-refractivity contribution in [3.05, 3.63) is 46.7 Å². The number of piperidine rings is 1. The molecular formula is C21H26N4O5S2. The number of nitrogens with one attached hydrogen (secondary N) is 3. The van der Waals surface area contributed by atoms with Crippen LogP contribution in [0.2, 0.25) is 0 Å². The van der Waals surface area contributed by atoms with Gasteiger partial charge in [0.25, 0.3) is 5.91 Å². The molecule has 1 aliphatic rings. The minimum atomic E-state index is -3.64. The number of amides is 3. The molecule has 2 heterocycles. The highest BCUT2D eigenvalue weighted by molar-refractivity contribution is 7.89. The van der Waals surface area contributed by atoms with Crippen LogP contribution in [-0.4, -0.2) is 56.1 Å². The zero-order valence-electron chi connectivity index (χ0n) is 17.7. The predicted molar refractivity (Wildman–Crippen MR) is 122 cm³/mol. The lowest BCUT2D eigenvalue weighted by Crippen LogP contribution is -2.46. The van der Waals surface area contributed by atoms with E-state index in [1.807, 2.05) is 5.38 Å². The van der Waals surface area contributed by atoms with Crippen molar-refractivity contribution in [2.75, 3.05) is 25.0 Å². The van der Waals surface area contributed by atoms with Gasteiger partial charge >= 0.3 is 0 Å². The third kappa shape index (κ3) is 6.38. The maximum atomic E-state index is 12.9. The molecule has 1 aliphatic heterocycles. The fourth-order valence-corrected chi connectivity index (χ4v) is 5.50. The summed E-state index contributed by atoms with van der Waals surface area (Å²) < 4.78 is 27.1. The average molecular weight is 479 g/mol. The molecule has 172 valence electrons. The number of hydrogen-bond donors (Lipinski definition) is 3. The van der Waals surface area contributed by atoms with Crippen molar-refractivity contribution in [3.63, 3.8) is 0 Å². The van der Waals surface area contributed by atoms with Crippen LogP contribution in [0.4, 0.5) is 5.69 Å². The Morgan fingerprint density at radius 3 is 2.38 bits per heavy atom. The van der Waals surface area contributed by atoms with E-state index >= 15 is 0 Å². The molecule has 2 aromatic rings. The minimum Gasteiger partial charge on any atom is -0.353 e.